The Labute approximate surface area is 153 Å². The monoisotopic (exact) mass is 372 g/mol. The van der Waals surface area contributed by atoms with Crippen LogP contribution in [0.4, 0.5) is 0 Å². The standard InChI is InChI=1S/C19H20N2O4S/c1-25-15-6-8-16(9-7-15)26(23,24)20-12-18-17-5-3-2-4-14(17)10-11-21(18)19(22)13-20/h2-9,18H,10-13H2,1H3/t18-/m0/s1. The number of carbonyl (C=O) groups excluding carboxylic acids is 1. The van der Waals surface area contributed by atoms with E-state index in [2.05, 4.69) is 0 Å². The van der Waals surface area contributed by atoms with Gasteiger partial charge in [0.25, 0.3) is 0 Å². The molecule has 0 N–H and O–H groups in total. The van der Waals surface area contributed by atoms with Gasteiger partial charge in [-0.2, -0.15) is 4.31 Å². The van der Waals surface area contributed by atoms with Crippen LogP contribution in [0, 0.1) is 0 Å². The first-order chi connectivity index (χ1) is 12.5. The number of methoxy groups -OCH3 is 1. The van der Waals surface area contributed by atoms with Crippen LogP contribution < -0.4 is 4.74 Å². The number of carbonyl (C=O) groups is 1. The fraction of sp³-hybridized carbons (Fsp3) is 0.316. The predicted molar refractivity (Wildman–Crippen MR) is 96.4 cm³/mol. The minimum absolute atomic E-state index is 0.118. The second-order valence-electron chi connectivity index (χ2n) is 6.52. The zero-order chi connectivity index (χ0) is 18.3. The molecule has 1 fully saturated rings. The maximum Gasteiger partial charge on any atom is 0.243 e. The number of rotatable bonds is 3. The van der Waals surface area contributed by atoms with Gasteiger partial charge in [-0.1, -0.05) is 24.3 Å². The highest BCUT2D eigenvalue weighted by atomic mass is 32.2. The zero-order valence-electron chi connectivity index (χ0n) is 14.5. The van der Waals surface area contributed by atoms with Crippen LogP contribution in [0.15, 0.2) is 53.4 Å². The number of hydrogen-bond donors (Lipinski definition) is 0. The molecule has 1 atom stereocenters. The molecule has 0 aliphatic carbocycles. The molecule has 0 bridgehead atoms. The third-order valence-corrected chi connectivity index (χ3v) is 6.94. The van der Waals surface area contributed by atoms with Crippen LogP contribution in [0.2, 0.25) is 0 Å². The van der Waals surface area contributed by atoms with Gasteiger partial charge in [-0.25, -0.2) is 8.42 Å². The lowest BCUT2D eigenvalue weighted by atomic mass is 9.91. The van der Waals surface area contributed by atoms with Crippen molar-refractivity contribution in [1.29, 1.82) is 0 Å². The minimum Gasteiger partial charge on any atom is -0.497 e. The van der Waals surface area contributed by atoms with Gasteiger partial charge in [0.05, 0.1) is 24.6 Å². The number of amides is 1. The summed E-state index contributed by atoms with van der Waals surface area (Å²) in [6.07, 6.45) is 0.809. The Balaban J connectivity index is 1.67. The van der Waals surface area contributed by atoms with Crippen molar-refractivity contribution in [3.63, 3.8) is 0 Å². The highest BCUT2D eigenvalue weighted by Gasteiger charge is 2.41. The Morgan fingerprint density at radius 1 is 1.08 bits per heavy atom. The minimum atomic E-state index is -3.74. The van der Waals surface area contributed by atoms with Crippen molar-refractivity contribution in [3.8, 4) is 5.75 Å². The van der Waals surface area contributed by atoms with E-state index in [0.717, 1.165) is 12.0 Å². The van der Waals surface area contributed by atoms with E-state index in [1.165, 1.54) is 29.1 Å². The molecule has 0 radical (unpaired) electrons. The third kappa shape index (κ3) is 2.77. The van der Waals surface area contributed by atoms with E-state index in [4.69, 9.17) is 4.74 Å². The highest BCUT2D eigenvalue weighted by Crippen LogP contribution is 2.34. The molecule has 2 aliphatic rings. The molecule has 0 aromatic heterocycles. The number of nitrogens with zero attached hydrogens (tertiary/aromatic N) is 2. The number of piperazine rings is 1. The number of hydrogen-bond acceptors (Lipinski definition) is 4. The van der Waals surface area contributed by atoms with Crippen molar-refractivity contribution in [1.82, 2.24) is 9.21 Å². The van der Waals surface area contributed by atoms with Crippen molar-refractivity contribution in [2.75, 3.05) is 26.7 Å². The van der Waals surface area contributed by atoms with Gasteiger partial charge >= 0.3 is 0 Å². The molecule has 1 saturated heterocycles. The Kier molecular flexibility index (Phi) is 4.20. The van der Waals surface area contributed by atoms with E-state index in [0.29, 0.717) is 12.3 Å². The lowest BCUT2D eigenvalue weighted by Crippen LogP contribution is -2.55. The largest absolute Gasteiger partial charge is 0.497 e. The summed E-state index contributed by atoms with van der Waals surface area (Å²) >= 11 is 0. The molecule has 4 rings (SSSR count). The second-order valence-corrected chi connectivity index (χ2v) is 8.46. The highest BCUT2D eigenvalue weighted by molar-refractivity contribution is 7.89. The van der Waals surface area contributed by atoms with E-state index in [-0.39, 0.29) is 29.9 Å². The average Bonchev–Trinajstić information content (AvgIpc) is 2.67. The molecule has 2 aromatic carbocycles. The topological polar surface area (TPSA) is 66.9 Å². The summed E-state index contributed by atoms with van der Waals surface area (Å²) in [6.45, 7) is 0.793. The first kappa shape index (κ1) is 17.1. The van der Waals surface area contributed by atoms with Gasteiger partial charge in [0, 0.05) is 13.1 Å². The van der Waals surface area contributed by atoms with Crippen molar-refractivity contribution in [2.45, 2.75) is 17.4 Å². The molecular weight excluding hydrogens is 352 g/mol. The lowest BCUT2D eigenvalue weighted by molar-refractivity contribution is -0.138. The zero-order valence-corrected chi connectivity index (χ0v) is 15.3. The molecule has 136 valence electrons. The van der Waals surface area contributed by atoms with Gasteiger partial charge in [0.15, 0.2) is 0 Å². The van der Waals surface area contributed by atoms with E-state index >= 15 is 0 Å². The van der Waals surface area contributed by atoms with Gasteiger partial charge in [-0.15, -0.1) is 0 Å². The summed E-state index contributed by atoms with van der Waals surface area (Å²) in [5.74, 6) is 0.443. The predicted octanol–water partition coefficient (Wildman–Crippen LogP) is 1.83. The molecule has 7 heteroatoms. The first-order valence-corrected chi connectivity index (χ1v) is 9.96. The Bertz CT molecular complexity index is 940. The quantitative estimate of drug-likeness (QED) is 0.824. The summed E-state index contributed by atoms with van der Waals surface area (Å²) in [6, 6.07) is 14.0. The first-order valence-electron chi connectivity index (χ1n) is 8.52. The molecule has 0 saturated carbocycles. The van der Waals surface area contributed by atoms with Crippen LogP contribution >= 0.6 is 0 Å². The Morgan fingerprint density at radius 2 is 1.81 bits per heavy atom. The van der Waals surface area contributed by atoms with E-state index in [1.807, 2.05) is 29.2 Å². The SMILES string of the molecule is COc1ccc(S(=O)(=O)N2CC(=O)N3CCc4ccccc4[C@@H]3C2)cc1. The van der Waals surface area contributed by atoms with Crippen LogP contribution in [0.3, 0.4) is 0 Å². The number of fused-ring (bicyclic) bond motifs is 3. The number of ether oxygens (including phenoxy) is 1. The molecule has 2 heterocycles. The van der Waals surface area contributed by atoms with Gasteiger partial charge in [-0.3, -0.25) is 4.79 Å². The fourth-order valence-corrected chi connectivity index (χ4v) is 5.12. The average molecular weight is 372 g/mol. The van der Waals surface area contributed by atoms with Gasteiger partial charge in [-0.05, 0) is 41.8 Å². The molecular formula is C19H20N2O4S. The summed E-state index contributed by atoms with van der Waals surface area (Å²) in [5, 5.41) is 0. The molecule has 0 spiro atoms. The van der Waals surface area contributed by atoms with Gasteiger partial charge < -0.3 is 9.64 Å². The molecule has 2 aromatic rings. The number of benzene rings is 2. The lowest BCUT2D eigenvalue weighted by Gasteiger charge is -2.44. The summed E-state index contributed by atoms with van der Waals surface area (Å²) in [4.78, 5) is 14.6. The van der Waals surface area contributed by atoms with Crippen LogP contribution in [0.1, 0.15) is 17.2 Å². The summed E-state index contributed by atoms with van der Waals surface area (Å²) in [7, 11) is -2.21. The van der Waals surface area contributed by atoms with Crippen LogP contribution in [-0.4, -0.2) is 50.3 Å². The van der Waals surface area contributed by atoms with Crippen molar-refractivity contribution >= 4 is 15.9 Å². The van der Waals surface area contributed by atoms with E-state index in [1.54, 1.807) is 12.1 Å². The van der Waals surface area contributed by atoms with E-state index < -0.39 is 10.0 Å². The van der Waals surface area contributed by atoms with Crippen molar-refractivity contribution in [2.24, 2.45) is 0 Å². The Morgan fingerprint density at radius 3 is 2.54 bits per heavy atom. The Hall–Kier alpha value is -2.38. The fourth-order valence-electron chi connectivity index (χ4n) is 3.73. The normalized spacial score (nSPS) is 20.4. The van der Waals surface area contributed by atoms with Crippen molar-refractivity contribution < 1.29 is 17.9 Å². The van der Waals surface area contributed by atoms with Crippen LogP contribution in [0.5, 0.6) is 5.75 Å². The third-order valence-electron chi connectivity index (χ3n) is 5.12. The molecule has 2 aliphatic heterocycles. The maximum absolute atomic E-state index is 13.0. The maximum atomic E-state index is 13.0. The van der Waals surface area contributed by atoms with Crippen molar-refractivity contribution in [3.05, 3.63) is 59.7 Å². The van der Waals surface area contributed by atoms with Crippen LogP contribution in [-0.2, 0) is 21.2 Å². The van der Waals surface area contributed by atoms with Gasteiger partial charge in [0.2, 0.25) is 15.9 Å². The smallest absolute Gasteiger partial charge is 0.243 e. The number of sulfonamides is 1. The van der Waals surface area contributed by atoms with Gasteiger partial charge in [0.1, 0.15) is 5.75 Å². The molecule has 1 amide bonds. The van der Waals surface area contributed by atoms with Crippen LogP contribution in [0.25, 0.3) is 0 Å². The second kappa shape index (κ2) is 6.41. The van der Waals surface area contributed by atoms with E-state index in [9.17, 15) is 13.2 Å². The summed E-state index contributed by atoms with van der Waals surface area (Å²) in [5.41, 5.74) is 2.23. The molecule has 0 unspecified atom stereocenters. The molecule has 26 heavy (non-hydrogen) atoms. The summed E-state index contributed by atoms with van der Waals surface area (Å²) < 4.78 is 32.4. The molecule has 6 nitrogen and oxygen atoms in total.